The number of aliphatic hydroxyl groups is 6. The second-order valence-electron chi connectivity index (χ2n) is 17.1. The third-order valence-corrected chi connectivity index (χ3v) is 15.8. The molecule has 3 heterocycles. The van der Waals surface area contributed by atoms with E-state index in [4.69, 9.17) is 23.7 Å². The number of carboxylic acids is 1. The first kappa shape index (κ1) is 80.8. The Morgan fingerprint density at radius 2 is 1.44 bits per heavy atom. The van der Waals surface area contributed by atoms with Gasteiger partial charge < -0.3 is 99.1 Å². The molecule has 1 aromatic carbocycles. The van der Waals surface area contributed by atoms with Gasteiger partial charge in [0, 0.05) is 55.4 Å². The largest absolute Gasteiger partial charge is 1.00 e. The third-order valence-electron chi connectivity index (χ3n) is 11.4. The summed E-state index contributed by atoms with van der Waals surface area (Å²) in [6, 6.07) is 3.62. The number of hydrogen-bond donors (Lipinski definition) is 11. The number of methoxy groups -OCH3 is 1. The maximum absolute atomic E-state index is 12.6. The number of carboxylic acid groups (broad SMARTS) is 1. The number of anilines is 2. The molecule has 7 unspecified atom stereocenters. The van der Waals surface area contributed by atoms with Crippen molar-refractivity contribution in [1.82, 2.24) is 15.4 Å². The first-order valence-electron chi connectivity index (χ1n) is 22.9. The average molecular weight is 1280 g/mol. The Morgan fingerprint density at radius 1 is 0.787 bits per heavy atom. The van der Waals surface area contributed by atoms with Crippen LogP contribution in [0.1, 0.15) is 44.9 Å². The Hall–Kier alpha value is 0.770. The van der Waals surface area contributed by atoms with Gasteiger partial charge in [-0.1, -0.05) is 34.1 Å². The van der Waals surface area contributed by atoms with E-state index in [9.17, 15) is 93.8 Å². The fourth-order valence-electron chi connectivity index (χ4n) is 7.65. The molecule has 436 valence electrons. The van der Waals surface area contributed by atoms with E-state index in [2.05, 4.69) is 29.6 Å². The molecule has 3 amide bonds. The van der Waals surface area contributed by atoms with Crippen molar-refractivity contribution in [2.45, 2.75) is 136 Å². The predicted molar refractivity (Wildman–Crippen MR) is 253 cm³/mol. The van der Waals surface area contributed by atoms with Crippen molar-refractivity contribution < 1.29 is 244 Å². The second-order valence-corrected chi connectivity index (χ2v) is 23.1. The summed E-state index contributed by atoms with van der Waals surface area (Å²) in [5.41, 5.74) is 0.566. The molecular weight excluding hydrogens is 1220 g/mol. The van der Waals surface area contributed by atoms with Gasteiger partial charge in [-0.05, 0) is 43.9 Å². The molecule has 0 saturated carbocycles. The molecule has 3 saturated heterocycles. The van der Waals surface area contributed by atoms with E-state index in [1.54, 1.807) is 0 Å². The summed E-state index contributed by atoms with van der Waals surface area (Å²) in [4.78, 5) is 49.2. The number of unbranched alkanes of at least 4 members (excludes halogenated alkanes) is 1. The van der Waals surface area contributed by atoms with Crippen LogP contribution in [0.15, 0.2) is 24.3 Å². The van der Waals surface area contributed by atoms with Gasteiger partial charge in [0.2, 0.25) is 38.5 Å². The molecule has 0 radical (unpaired) electrons. The second kappa shape index (κ2) is 38.9. The fourth-order valence-corrected chi connectivity index (χ4v) is 12.0. The zero-order valence-electron chi connectivity index (χ0n) is 44.0. The van der Waals surface area contributed by atoms with Crippen LogP contribution in [0.3, 0.4) is 0 Å². The van der Waals surface area contributed by atoms with Crippen LogP contribution in [0.25, 0.3) is 0 Å². The van der Waals surface area contributed by atoms with Crippen molar-refractivity contribution in [1.29, 1.82) is 0 Å². The van der Waals surface area contributed by atoms with Crippen molar-refractivity contribution in [2.24, 2.45) is 0 Å². The fraction of sp³-hybridized carbons (Fsp3) is 0.744. The van der Waals surface area contributed by atoms with E-state index in [1.165, 1.54) is 35.4 Å². The van der Waals surface area contributed by atoms with Gasteiger partial charge in [0.25, 0.3) is 0 Å². The molecule has 32 nitrogen and oxygen atoms in total. The van der Waals surface area contributed by atoms with Crippen molar-refractivity contribution in [2.75, 3.05) is 56.3 Å². The van der Waals surface area contributed by atoms with Crippen LogP contribution < -0.4 is 149 Å². The molecular formula is C39H59N5Na4O27S5. The molecule has 11 N–H and O–H groups in total. The van der Waals surface area contributed by atoms with Gasteiger partial charge in [-0.15, -0.1) is 0 Å². The molecule has 4 rings (SSSR count). The first-order valence-corrected chi connectivity index (χ1v) is 29.3. The number of aliphatic hydroxyl groups excluding tert-OH is 6. The van der Waals surface area contributed by atoms with Crippen LogP contribution in [0.4, 0.5) is 11.4 Å². The molecule has 41 heteroatoms. The van der Waals surface area contributed by atoms with E-state index in [1.807, 2.05) is 21.6 Å². The summed E-state index contributed by atoms with van der Waals surface area (Å²) in [5, 5.41) is 88.3. The third kappa shape index (κ3) is 28.7. The maximum atomic E-state index is 12.6. The van der Waals surface area contributed by atoms with Crippen molar-refractivity contribution in [3.63, 3.8) is 0 Å². The minimum absolute atomic E-state index is 0. The SMILES string of the molecule is CO[C@H]1C(COS(=O)(=O)[O-])O[C@@H](O[C@H]2C(C(=O)[O-])O[C@@H](OCC(O)[C@H](O)[C@H](O)C(O)CNc3cccc(NC(=O)CCCNC(=O)CNC(=O)CCCCC4CCSS4)c3)C(OS(=O)(=O)[O-])[C@H]2O)C(NS(=O)(=O)[O-])[C@H]1O.[Na+].[Na+].[Na+].[Na+]. The van der Waals surface area contributed by atoms with Crippen LogP contribution in [0.5, 0.6) is 0 Å². The van der Waals surface area contributed by atoms with Crippen LogP contribution in [0.2, 0.25) is 0 Å². The van der Waals surface area contributed by atoms with Gasteiger partial charge in [0.1, 0.15) is 61.0 Å². The number of carbonyl (C=O) groups excluding carboxylic acids is 4. The van der Waals surface area contributed by atoms with Crippen LogP contribution in [0, 0.1) is 0 Å². The zero-order chi connectivity index (χ0) is 56.5. The predicted octanol–water partition coefficient (Wildman–Crippen LogP) is -18.7. The number of hydrogen-bond acceptors (Lipinski definition) is 30. The Kier molecular flexibility index (Phi) is 39.3. The van der Waals surface area contributed by atoms with Crippen LogP contribution >= 0.6 is 21.6 Å². The maximum Gasteiger partial charge on any atom is 1.00 e. The summed E-state index contributed by atoms with van der Waals surface area (Å²) >= 11 is 0. The smallest absolute Gasteiger partial charge is 0.735 e. The van der Waals surface area contributed by atoms with Gasteiger partial charge >= 0.3 is 118 Å². The quantitative estimate of drug-likeness (QED) is 0.0105. The summed E-state index contributed by atoms with van der Waals surface area (Å²) in [5.74, 6) is -2.27. The Morgan fingerprint density at radius 3 is 2.04 bits per heavy atom. The molecule has 3 aliphatic heterocycles. The van der Waals surface area contributed by atoms with E-state index < -0.39 is 154 Å². The Bertz CT molecular complexity index is 2410. The zero-order valence-corrected chi connectivity index (χ0v) is 56.0. The first-order chi connectivity index (χ1) is 35.5. The number of ether oxygens (including phenoxy) is 5. The molecule has 0 bridgehead atoms. The molecule has 0 aliphatic carbocycles. The number of rotatable bonds is 32. The van der Waals surface area contributed by atoms with Crippen molar-refractivity contribution in [3.8, 4) is 0 Å². The van der Waals surface area contributed by atoms with Crippen LogP contribution in [-0.2, 0) is 82.3 Å². The standard InChI is InChI=1S/C39H63N5O27S5.4Na/c1-65-33-24(18-67-75(59,60)61)68-38(28(31(33)52)44-74(56,57)58)69-34-32(53)35(71-76(62,63)64)39(70-36(34)37(54)55)66-17-23(46)30(51)29(50)22(45)15-41-19-6-4-7-20(14-19)43-26(48)10-5-12-40-27(49)16-42-25(47)9-3-2-8-21-11-13-72-73-21;;;;/h4,6-7,14,21-24,28-36,38-39,41,44-46,50-53H,2-3,5,8-13,15-18H2,1H3,(H,40,49)(H,42,47)(H,43,48)(H,54,55)(H,56,57,58)(H,59,60,61)(H,62,63,64);;;;/q;4*+1/p-4/t21?,22?,23?,24?,28?,29-,30+,31-,32+,33+,34-,35?,36?,38+,39-;;;;/m1..../s1. The number of nitrogens with one attached hydrogen (secondary N) is 5. The molecule has 1 aromatic rings. The molecule has 0 aromatic heterocycles. The van der Waals surface area contributed by atoms with Gasteiger partial charge in [-0.2, -0.15) is 0 Å². The summed E-state index contributed by atoms with van der Waals surface area (Å²) in [7, 11) is -12.5. The van der Waals surface area contributed by atoms with E-state index in [-0.39, 0.29) is 156 Å². The van der Waals surface area contributed by atoms with E-state index in [0.717, 1.165) is 32.1 Å². The van der Waals surface area contributed by atoms with Crippen molar-refractivity contribution >= 4 is 87.8 Å². The normalized spacial score (nSPS) is 26.5. The van der Waals surface area contributed by atoms with Gasteiger partial charge in [-0.25, -0.2) is 30.0 Å². The molecule has 3 aliphatic rings. The van der Waals surface area contributed by atoms with E-state index in [0.29, 0.717) is 17.4 Å². The molecule has 80 heavy (non-hydrogen) atoms. The Balaban J connectivity index is 0.0000156. The van der Waals surface area contributed by atoms with Gasteiger partial charge in [0.05, 0.1) is 31.8 Å². The van der Waals surface area contributed by atoms with Crippen LogP contribution in [-0.4, -0.2) is 230 Å². The Labute approximate surface area is 557 Å². The van der Waals surface area contributed by atoms with Crippen molar-refractivity contribution in [3.05, 3.63) is 24.3 Å². The molecule has 15 atom stereocenters. The molecule has 0 spiro atoms. The topological polar surface area (TPSA) is 509 Å². The minimum Gasteiger partial charge on any atom is -0.735 e. The minimum atomic E-state index is -5.95. The number of aliphatic carboxylic acids is 1. The van der Waals surface area contributed by atoms with E-state index >= 15 is 0 Å². The number of carbonyl (C=O) groups is 4. The summed E-state index contributed by atoms with van der Waals surface area (Å²) in [6.45, 7) is -3.17. The van der Waals surface area contributed by atoms with Gasteiger partial charge in [-0.3, -0.25) is 22.7 Å². The number of amides is 3. The van der Waals surface area contributed by atoms with Gasteiger partial charge in [0.15, 0.2) is 29.0 Å². The monoisotopic (exact) mass is 1280 g/mol. The summed E-state index contributed by atoms with van der Waals surface area (Å²) in [6.07, 6.45) is -26.3. The average Bonchev–Trinajstić information content (AvgIpc) is 3.86. The molecule has 3 fully saturated rings. The summed E-state index contributed by atoms with van der Waals surface area (Å²) < 4.78 is 139. The number of benzene rings is 1.